The molecule has 126 valence electrons. The number of halogens is 3. The largest absolute Gasteiger partial charge is 0.480 e. The molecular weight excluding hydrogens is 342 g/mol. The molecule has 0 bridgehead atoms. The Morgan fingerprint density at radius 3 is 2.58 bits per heavy atom. The van der Waals surface area contributed by atoms with E-state index in [9.17, 15) is 23.5 Å². The molecule has 0 unspecified atom stereocenters. The van der Waals surface area contributed by atoms with Crippen LogP contribution in [-0.2, 0) is 22.4 Å². The summed E-state index contributed by atoms with van der Waals surface area (Å²) in [4.78, 5) is 27.1. The van der Waals surface area contributed by atoms with Crippen molar-refractivity contribution in [2.75, 3.05) is 0 Å². The van der Waals surface area contributed by atoms with Crippen molar-refractivity contribution in [3.8, 4) is 0 Å². The molecule has 24 heavy (non-hydrogen) atoms. The van der Waals surface area contributed by atoms with E-state index < -0.39 is 36.0 Å². The summed E-state index contributed by atoms with van der Waals surface area (Å²) in [6, 6.07) is 4.73. The minimum absolute atomic E-state index is 0.00284. The molecule has 0 saturated heterocycles. The molecule has 0 aliphatic heterocycles. The van der Waals surface area contributed by atoms with E-state index in [-0.39, 0.29) is 17.1 Å². The summed E-state index contributed by atoms with van der Waals surface area (Å²) in [5.74, 6) is -3.54. The number of amides is 1. The second kappa shape index (κ2) is 7.83. The average molecular weight is 355 g/mol. The zero-order valence-electron chi connectivity index (χ0n) is 12.3. The highest BCUT2D eigenvalue weighted by molar-refractivity contribution is 6.29. The van der Waals surface area contributed by atoms with Gasteiger partial charge >= 0.3 is 5.97 Å². The zero-order valence-corrected chi connectivity index (χ0v) is 13.1. The molecule has 0 fully saturated rings. The number of carboxylic acids is 1. The molecule has 1 amide bonds. The van der Waals surface area contributed by atoms with Gasteiger partial charge in [0.2, 0.25) is 5.91 Å². The predicted molar refractivity (Wildman–Crippen MR) is 82.6 cm³/mol. The Morgan fingerprint density at radius 2 is 2.00 bits per heavy atom. The normalized spacial score (nSPS) is 11.8. The Bertz CT molecular complexity index is 753. The molecule has 5 nitrogen and oxygen atoms in total. The molecule has 2 N–H and O–H groups in total. The summed E-state index contributed by atoms with van der Waals surface area (Å²) in [5, 5.41) is 11.8. The maximum absolute atomic E-state index is 13.5. The van der Waals surface area contributed by atoms with Crippen molar-refractivity contribution in [3.63, 3.8) is 0 Å². The van der Waals surface area contributed by atoms with Gasteiger partial charge in [0.05, 0.1) is 6.42 Å². The molecule has 0 saturated carbocycles. The van der Waals surface area contributed by atoms with E-state index in [2.05, 4.69) is 10.3 Å². The van der Waals surface area contributed by atoms with Crippen LogP contribution in [0.4, 0.5) is 8.78 Å². The van der Waals surface area contributed by atoms with Crippen LogP contribution in [0.5, 0.6) is 0 Å². The van der Waals surface area contributed by atoms with Gasteiger partial charge in [0.15, 0.2) is 0 Å². The van der Waals surface area contributed by atoms with Gasteiger partial charge in [0, 0.05) is 18.7 Å². The summed E-state index contributed by atoms with van der Waals surface area (Å²) in [6.07, 6.45) is 1.01. The minimum Gasteiger partial charge on any atom is -0.480 e. The lowest BCUT2D eigenvalue weighted by Gasteiger charge is -2.14. The van der Waals surface area contributed by atoms with Gasteiger partial charge in [0.1, 0.15) is 22.8 Å². The summed E-state index contributed by atoms with van der Waals surface area (Å²) >= 11 is 5.65. The summed E-state index contributed by atoms with van der Waals surface area (Å²) in [6.45, 7) is 0. The Kier molecular flexibility index (Phi) is 5.81. The van der Waals surface area contributed by atoms with Crippen LogP contribution in [0, 0.1) is 11.6 Å². The fourth-order valence-corrected chi connectivity index (χ4v) is 2.16. The number of hydrogen-bond donors (Lipinski definition) is 2. The summed E-state index contributed by atoms with van der Waals surface area (Å²) < 4.78 is 26.4. The van der Waals surface area contributed by atoms with Gasteiger partial charge < -0.3 is 10.4 Å². The van der Waals surface area contributed by atoms with Crippen molar-refractivity contribution in [2.24, 2.45) is 0 Å². The predicted octanol–water partition coefficient (Wildman–Crippen LogP) is 2.37. The van der Waals surface area contributed by atoms with Gasteiger partial charge in [-0.3, -0.25) is 4.79 Å². The van der Waals surface area contributed by atoms with Gasteiger partial charge in [-0.05, 0) is 23.3 Å². The number of nitrogens with zero attached hydrogens (tertiary/aromatic N) is 1. The van der Waals surface area contributed by atoms with Crippen LogP contribution in [0.1, 0.15) is 11.1 Å². The van der Waals surface area contributed by atoms with Crippen molar-refractivity contribution in [3.05, 3.63) is 64.4 Å². The van der Waals surface area contributed by atoms with E-state index >= 15 is 0 Å². The highest BCUT2D eigenvalue weighted by atomic mass is 35.5. The molecule has 2 rings (SSSR count). The second-order valence-corrected chi connectivity index (χ2v) is 5.45. The maximum Gasteiger partial charge on any atom is 0.326 e. The molecule has 1 atom stereocenters. The third-order valence-corrected chi connectivity index (χ3v) is 3.45. The molecule has 0 aliphatic carbocycles. The van der Waals surface area contributed by atoms with Crippen LogP contribution in [0.15, 0.2) is 36.5 Å². The molecule has 1 aromatic carbocycles. The number of hydrogen-bond acceptors (Lipinski definition) is 3. The van der Waals surface area contributed by atoms with E-state index in [0.717, 1.165) is 12.1 Å². The van der Waals surface area contributed by atoms with Gasteiger partial charge in [-0.15, -0.1) is 0 Å². The molecule has 0 spiro atoms. The second-order valence-electron chi connectivity index (χ2n) is 5.06. The van der Waals surface area contributed by atoms with Crippen molar-refractivity contribution < 1.29 is 23.5 Å². The first-order chi connectivity index (χ1) is 11.3. The van der Waals surface area contributed by atoms with E-state index in [1.54, 1.807) is 6.07 Å². The van der Waals surface area contributed by atoms with Crippen LogP contribution >= 0.6 is 11.6 Å². The number of aliphatic carboxylic acids is 1. The highest BCUT2D eigenvalue weighted by Gasteiger charge is 2.21. The lowest BCUT2D eigenvalue weighted by molar-refractivity contribution is -0.141. The molecule has 1 aromatic heterocycles. The third-order valence-electron chi connectivity index (χ3n) is 3.23. The molecule has 2 aromatic rings. The topological polar surface area (TPSA) is 79.3 Å². The quantitative estimate of drug-likeness (QED) is 0.781. The Morgan fingerprint density at radius 1 is 1.25 bits per heavy atom. The first kappa shape index (κ1) is 17.8. The number of benzene rings is 1. The smallest absolute Gasteiger partial charge is 0.326 e. The van der Waals surface area contributed by atoms with Crippen LogP contribution in [0.25, 0.3) is 0 Å². The lowest BCUT2D eigenvalue weighted by Crippen LogP contribution is -2.43. The van der Waals surface area contributed by atoms with Crippen LogP contribution < -0.4 is 5.32 Å². The van der Waals surface area contributed by atoms with Crippen LogP contribution in [0.2, 0.25) is 5.15 Å². The Labute approximate surface area is 141 Å². The average Bonchev–Trinajstić information content (AvgIpc) is 2.51. The number of carbonyl (C=O) groups excluding carboxylic acids is 1. The summed E-state index contributed by atoms with van der Waals surface area (Å²) in [5.41, 5.74) is 0.547. The molecule has 0 radical (unpaired) electrons. The minimum atomic E-state index is -1.24. The molecule has 8 heteroatoms. The van der Waals surface area contributed by atoms with Gasteiger partial charge in [-0.1, -0.05) is 23.7 Å². The number of rotatable bonds is 6. The standard InChI is InChI=1S/C16H13ClF2N2O3/c17-14-4-1-9(8-20-14)5-13(16(23)24)21-15(22)6-10-2-3-11(18)7-12(10)19/h1-4,7-8,13H,5-6H2,(H,21,22)(H,23,24)/t13-/m1/s1. The first-order valence-electron chi connectivity index (χ1n) is 6.91. The van der Waals surface area contributed by atoms with E-state index in [1.807, 2.05) is 0 Å². The third kappa shape index (κ3) is 4.99. The molecule has 1 heterocycles. The zero-order chi connectivity index (χ0) is 17.7. The number of pyridine rings is 1. The molecule has 0 aliphatic rings. The molecular formula is C16H13ClF2N2O3. The Hall–Kier alpha value is -2.54. The van der Waals surface area contributed by atoms with Crippen LogP contribution in [0.3, 0.4) is 0 Å². The maximum atomic E-state index is 13.5. The van der Waals surface area contributed by atoms with Crippen LogP contribution in [-0.4, -0.2) is 28.0 Å². The van der Waals surface area contributed by atoms with Gasteiger partial charge in [0.25, 0.3) is 0 Å². The first-order valence-corrected chi connectivity index (χ1v) is 7.29. The summed E-state index contributed by atoms with van der Waals surface area (Å²) in [7, 11) is 0. The van der Waals surface area contributed by atoms with Crippen molar-refractivity contribution >= 4 is 23.5 Å². The Balaban J connectivity index is 2.02. The SMILES string of the molecule is O=C(Cc1ccc(F)cc1F)N[C@H](Cc1ccc(Cl)nc1)C(=O)O. The number of aromatic nitrogens is 1. The van der Waals surface area contributed by atoms with Crippen molar-refractivity contribution in [2.45, 2.75) is 18.9 Å². The number of carbonyl (C=O) groups is 2. The fraction of sp³-hybridized carbons (Fsp3) is 0.188. The van der Waals surface area contributed by atoms with E-state index in [0.29, 0.717) is 11.6 Å². The fourth-order valence-electron chi connectivity index (χ4n) is 2.05. The monoisotopic (exact) mass is 354 g/mol. The lowest BCUT2D eigenvalue weighted by atomic mass is 10.1. The van der Waals surface area contributed by atoms with Crippen molar-refractivity contribution in [1.29, 1.82) is 0 Å². The highest BCUT2D eigenvalue weighted by Crippen LogP contribution is 2.11. The van der Waals surface area contributed by atoms with E-state index in [4.69, 9.17) is 11.6 Å². The number of carboxylic acid groups (broad SMARTS) is 1. The van der Waals surface area contributed by atoms with Gasteiger partial charge in [-0.2, -0.15) is 0 Å². The van der Waals surface area contributed by atoms with Crippen molar-refractivity contribution in [1.82, 2.24) is 10.3 Å². The van der Waals surface area contributed by atoms with E-state index in [1.165, 1.54) is 12.3 Å². The van der Waals surface area contributed by atoms with Gasteiger partial charge in [-0.25, -0.2) is 18.6 Å². The number of nitrogens with one attached hydrogen (secondary N) is 1.